The SMILES string of the molecule is CCCCN(CCO)c1ccc([C@@H](C)N)cc1Cl. The molecule has 0 amide bonds. The molecule has 0 aliphatic rings. The van der Waals surface area contributed by atoms with Gasteiger partial charge in [-0.15, -0.1) is 0 Å². The highest BCUT2D eigenvalue weighted by molar-refractivity contribution is 6.33. The van der Waals surface area contributed by atoms with Gasteiger partial charge in [-0.25, -0.2) is 0 Å². The summed E-state index contributed by atoms with van der Waals surface area (Å²) in [4.78, 5) is 2.12. The first-order valence-corrected chi connectivity index (χ1v) is 6.88. The predicted molar refractivity (Wildman–Crippen MR) is 78.3 cm³/mol. The Bertz CT molecular complexity index is 369. The van der Waals surface area contributed by atoms with Crippen LogP contribution in [-0.2, 0) is 0 Å². The number of anilines is 1. The molecule has 0 radical (unpaired) electrons. The van der Waals surface area contributed by atoms with E-state index in [1.54, 1.807) is 0 Å². The second kappa shape index (κ2) is 7.62. The van der Waals surface area contributed by atoms with Gasteiger partial charge in [0.1, 0.15) is 0 Å². The Balaban J connectivity index is 2.90. The average molecular weight is 271 g/mol. The third kappa shape index (κ3) is 4.16. The van der Waals surface area contributed by atoms with E-state index >= 15 is 0 Å². The van der Waals surface area contributed by atoms with Gasteiger partial charge in [-0.2, -0.15) is 0 Å². The maximum absolute atomic E-state index is 9.13. The van der Waals surface area contributed by atoms with Crippen molar-refractivity contribution >= 4 is 17.3 Å². The number of halogens is 1. The molecule has 0 aliphatic heterocycles. The number of hydrogen-bond acceptors (Lipinski definition) is 3. The number of hydrogen-bond donors (Lipinski definition) is 2. The van der Waals surface area contributed by atoms with Gasteiger partial charge in [0.25, 0.3) is 0 Å². The lowest BCUT2D eigenvalue weighted by molar-refractivity contribution is 0.301. The maximum atomic E-state index is 9.13. The van der Waals surface area contributed by atoms with Crippen LogP contribution in [0, 0.1) is 0 Å². The van der Waals surface area contributed by atoms with Crippen molar-refractivity contribution in [3.05, 3.63) is 28.8 Å². The molecule has 0 bridgehead atoms. The highest BCUT2D eigenvalue weighted by Crippen LogP contribution is 2.28. The summed E-state index contributed by atoms with van der Waals surface area (Å²) >= 11 is 6.30. The quantitative estimate of drug-likeness (QED) is 0.801. The average Bonchev–Trinajstić information content (AvgIpc) is 2.34. The van der Waals surface area contributed by atoms with Crippen LogP contribution < -0.4 is 10.6 Å². The predicted octanol–water partition coefficient (Wildman–Crippen LogP) is 2.96. The third-order valence-corrected chi connectivity index (χ3v) is 3.29. The van der Waals surface area contributed by atoms with E-state index < -0.39 is 0 Å². The van der Waals surface area contributed by atoms with Crippen molar-refractivity contribution in [2.45, 2.75) is 32.7 Å². The molecule has 1 aromatic rings. The van der Waals surface area contributed by atoms with Crippen LogP contribution in [0.3, 0.4) is 0 Å². The second-order valence-corrected chi connectivity index (χ2v) is 4.97. The first-order valence-electron chi connectivity index (χ1n) is 6.51. The lowest BCUT2D eigenvalue weighted by Gasteiger charge is -2.25. The van der Waals surface area contributed by atoms with Crippen LogP contribution >= 0.6 is 11.6 Å². The summed E-state index contributed by atoms with van der Waals surface area (Å²) in [5.41, 5.74) is 7.84. The van der Waals surface area contributed by atoms with Crippen molar-refractivity contribution in [3.8, 4) is 0 Å². The van der Waals surface area contributed by atoms with E-state index in [2.05, 4.69) is 11.8 Å². The van der Waals surface area contributed by atoms with E-state index in [1.165, 1.54) is 0 Å². The van der Waals surface area contributed by atoms with Gasteiger partial charge >= 0.3 is 0 Å². The van der Waals surface area contributed by atoms with Gasteiger partial charge in [0.05, 0.1) is 17.3 Å². The summed E-state index contributed by atoms with van der Waals surface area (Å²) in [6, 6.07) is 5.89. The van der Waals surface area contributed by atoms with Crippen LogP contribution in [0.1, 0.15) is 38.3 Å². The topological polar surface area (TPSA) is 49.5 Å². The minimum Gasteiger partial charge on any atom is -0.395 e. The summed E-state index contributed by atoms with van der Waals surface area (Å²) in [7, 11) is 0. The molecule has 0 fully saturated rings. The van der Waals surface area contributed by atoms with Crippen LogP contribution in [-0.4, -0.2) is 24.8 Å². The fourth-order valence-electron chi connectivity index (χ4n) is 1.89. The van der Waals surface area contributed by atoms with Crippen molar-refractivity contribution in [3.63, 3.8) is 0 Å². The number of unbranched alkanes of at least 4 members (excludes halogenated alkanes) is 1. The molecule has 0 spiro atoms. The Morgan fingerprint density at radius 2 is 2.11 bits per heavy atom. The molecule has 0 saturated heterocycles. The van der Waals surface area contributed by atoms with Crippen LogP contribution in [0.15, 0.2) is 18.2 Å². The van der Waals surface area contributed by atoms with E-state index in [0.717, 1.165) is 30.6 Å². The molecule has 4 heteroatoms. The Kier molecular flexibility index (Phi) is 6.47. The first-order chi connectivity index (χ1) is 8.60. The summed E-state index contributed by atoms with van der Waals surface area (Å²) in [5, 5.41) is 9.83. The molecule has 3 N–H and O–H groups in total. The molecule has 1 aromatic carbocycles. The van der Waals surface area contributed by atoms with Gasteiger partial charge < -0.3 is 15.7 Å². The molecule has 0 saturated carbocycles. The van der Waals surface area contributed by atoms with E-state index in [4.69, 9.17) is 22.4 Å². The molecular weight excluding hydrogens is 248 g/mol. The normalized spacial score (nSPS) is 12.5. The summed E-state index contributed by atoms with van der Waals surface area (Å²) in [6.45, 7) is 5.74. The molecule has 3 nitrogen and oxygen atoms in total. The number of aliphatic hydroxyl groups excluding tert-OH is 1. The fraction of sp³-hybridized carbons (Fsp3) is 0.571. The highest BCUT2D eigenvalue weighted by Gasteiger charge is 2.11. The van der Waals surface area contributed by atoms with Crippen LogP contribution in [0.2, 0.25) is 5.02 Å². The number of benzene rings is 1. The Morgan fingerprint density at radius 3 is 2.61 bits per heavy atom. The second-order valence-electron chi connectivity index (χ2n) is 4.56. The molecule has 102 valence electrons. The maximum Gasteiger partial charge on any atom is 0.0642 e. The largest absolute Gasteiger partial charge is 0.395 e. The zero-order valence-corrected chi connectivity index (χ0v) is 12.0. The van der Waals surface area contributed by atoms with E-state index in [1.807, 2.05) is 25.1 Å². The highest BCUT2D eigenvalue weighted by atomic mass is 35.5. The summed E-state index contributed by atoms with van der Waals surface area (Å²) in [5.74, 6) is 0. The van der Waals surface area contributed by atoms with Crippen LogP contribution in [0.25, 0.3) is 0 Å². The van der Waals surface area contributed by atoms with Crippen molar-refractivity contribution in [1.29, 1.82) is 0 Å². The van der Waals surface area contributed by atoms with Gasteiger partial charge in [0, 0.05) is 19.1 Å². The van der Waals surface area contributed by atoms with Gasteiger partial charge in [-0.3, -0.25) is 0 Å². The molecule has 0 heterocycles. The number of nitrogens with zero attached hydrogens (tertiary/aromatic N) is 1. The first kappa shape index (κ1) is 15.3. The number of rotatable bonds is 7. The van der Waals surface area contributed by atoms with Gasteiger partial charge in [-0.1, -0.05) is 31.0 Å². The molecular formula is C14H23ClN2O. The fourth-order valence-corrected chi connectivity index (χ4v) is 2.19. The summed E-state index contributed by atoms with van der Waals surface area (Å²) < 4.78 is 0. The lowest BCUT2D eigenvalue weighted by atomic mass is 10.1. The van der Waals surface area contributed by atoms with Crippen molar-refractivity contribution in [2.24, 2.45) is 5.73 Å². The molecule has 18 heavy (non-hydrogen) atoms. The van der Waals surface area contributed by atoms with E-state index in [-0.39, 0.29) is 12.6 Å². The number of nitrogens with two attached hydrogens (primary N) is 1. The lowest BCUT2D eigenvalue weighted by Crippen LogP contribution is -2.28. The van der Waals surface area contributed by atoms with Crippen molar-refractivity contribution in [2.75, 3.05) is 24.6 Å². The van der Waals surface area contributed by atoms with E-state index in [0.29, 0.717) is 11.6 Å². The molecule has 0 aromatic heterocycles. The van der Waals surface area contributed by atoms with Gasteiger partial charge in [0.2, 0.25) is 0 Å². The molecule has 1 rings (SSSR count). The molecule has 1 atom stereocenters. The van der Waals surface area contributed by atoms with Crippen LogP contribution in [0.5, 0.6) is 0 Å². The third-order valence-electron chi connectivity index (χ3n) is 2.99. The van der Waals surface area contributed by atoms with E-state index in [9.17, 15) is 0 Å². The monoisotopic (exact) mass is 270 g/mol. The van der Waals surface area contributed by atoms with Crippen LogP contribution in [0.4, 0.5) is 5.69 Å². The smallest absolute Gasteiger partial charge is 0.0642 e. The van der Waals surface area contributed by atoms with Crippen molar-refractivity contribution in [1.82, 2.24) is 0 Å². The zero-order valence-electron chi connectivity index (χ0n) is 11.2. The Morgan fingerprint density at radius 1 is 1.39 bits per heavy atom. The Hall–Kier alpha value is -0.770. The minimum atomic E-state index is -0.0153. The Labute approximate surface area is 115 Å². The molecule has 0 unspecified atom stereocenters. The zero-order chi connectivity index (χ0) is 13.5. The summed E-state index contributed by atoms with van der Waals surface area (Å²) in [6.07, 6.45) is 2.21. The minimum absolute atomic E-state index is 0.0153. The van der Waals surface area contributed by atoms with Crippen molar-refractivity contribution < 1.29 is 5.11 Å². The standard InChI is InChI=1S/C14H23ClN2O/c1-3-4-7-17(8-9-18)14-6-5-12(11(2)16)10-13(14)15/h5-6,10-11,18H,3-4,7-9,16H2,1-2H3/t11-/m1/s1. The van der Waals surface area contributed by atoms with Gasteiger partial charge in [0.15, 0.2) is 0 Å². The number of aliphatic hydroxyl groups is 1. The van der Waals surface area contributed by atoms with Gasteiger partial charge in [-0.05, 0) is 31.0 Å². The molecule has 0 aliphatic carbocycles.